The molecule has 9 heteroatoms. The van der Waals surface area contributed by atoms with Crippen LogP contribution in [0.4, 0.5) is 24.5 Å². The molecule has 6 nitrogen and oxygen atoms in total. The van der Waals surface area contributed by atoms with E-state index >= 15 is 0 Å². The Morgan fingerprint density at radius 1 is 0.818 bits per heavy atom. The van der Waals surface area contributed by atoms with Crippen LogP contribution in [0.1, 0.15) is 0 Å². The van der Waals surface area contributed by atoms with E-state index in [4.69, 9.17) is 0 Å². The number of nitrogens with zero attached hydrogens (tertiary/aromatic N) is 1. The van der Waals surface area contributed by atoms with Gasteiger partial charge >= 0.3 is 6.36 Å². The van der Waals surface area contributed by atoms with Gasteiger partial charge in [-0.3, -0.25) is 14.5 Å². The summed E-state index contributed by atoms with van der Waals surface area (Å²) in [5.41, 5.74) is 2.81. The molecule has 0 spiro atoms. The van der Waals surface area contributed by atoms with E-state index in [1.165, 1.54) is 17.0 Å². The van der Waals surface area contributed by atoms with Crippen molar-refractivity contribution in [1.82, 2.24) is 4.90 Å². The number of para-hydroxylation sites is 1. The van der Waals surface area contributed by atoms with E-state index in [1.807, 2.05) is 48.5 Å². The molecule has 0 aliphatic rings. The highest BCUT2D eigenvalue weighted by Gasteiger charge is 2.31. The number of halogens is 3. The van der Waals surface area contributed by atoms with Gasteiger partial charge in [-0.2, -0.15) is 0 Å². The molecule has 0 radical (unpaired) electrons. The Balaban J connectivity index is 1.51. The van der Waals surface area contributed by atoms with Crippen LogP contribution < -0.4 is 15.4 Å². The zero-order chi connectivity index (χ0) is 23.8. The second-order valence-corrected chi connectivity index (χ2v) is 7.25. The van der Waals surface area contributed by atoms with Crippen LogP contribution in [0.15, 0.2) is 78.9 Å². The monoisotopic (exact) mass is 457 g/mol. The number of rotatable bonds is 8. The zero-order valence-electron chi connectivity index (χ0n) is 17.7. The third kappa shape index (κ3) is 7.65. The molecule has 0 saturated heterocycles. The van der Waals surface area contributed by atoms with Crippen LogP contribution >= 0.6 is 0 Å². The van der Waals surface area contributed by atoms with Crippen LogP contribution in [-0.4, -0.2) is 43.2 Å². The number of nitrogens with one attached hydrogen (secondary N) is 2. The van der Waals surface area contributed by atoms with E-state index in [2.05, 4.69) is 15.4 Å². The summed E-state index contributed by atoms with van der Waals surface area (Å²) in [7, 11) is 1.61. The summed E-state index contributed by atoms with van der Waals surface area (Å²) in [6, 6.07) is 21.9. The van der Waals surface area contributed by atoms with Crippen molar-refractivity contribution in [2.75, 3.05) is 30.8 Å². The van der Waals surface area contributed by atoms with Crippen molar-refractivity contribution in [2.45, 2.75) is 6.36 Å². The van der Waals surface area contributed by atoms with Gasteiger partial charge in [0.05, 0.1) is 13.1 Å². The van der Waals surface area contributed by atoms with Crippen LogP contribution in [0.5, 0.6) is 5.75 Å². The predicted octanol–water partition coefficient (Wildman–Crippen LogP) is 4.76. The summed E-state index contributed by atoms with van der Waals surface area (Å²) in [4.78, 5) is 26.3. The van der Waals surface area contributed by atoms with Crippen LogP contribution in [0, 0.1) is 0 Å². The van der Waals surface area contributed by atoms with Gasteiger partial charge in [-0.15, -0.1) is 13.2 Å². The lowest BCUT2D eigenvalue weighted by Crippen LogP contribution is -2.36. The molecule has 3 aromatic rings. The topological polar surface area (TPSA) is 70.7 Å². The largest absolute Gasteiger partial charge is 0.573 e. The number of carbonyl (C=O) groups is 2. The van der Waals surface area contributed by atoms with Gasteiger partial charge in [-0.25, -0.2) is 0 Å². The van der Waals surface area contributed by atoms with Crippen LogP contribution in [-0.2, 0) is 9.59 Å². The van der Waals surface area contributed by atoms with Gasteiger partial charge < -0.3 is 15.4 Å². The fourth-order valence-electron chi connectivity index (χ4n) is 3.14. The summed E-state index contributed by atoms with van der Waals surface area (Å²) in [5, 5.41) is 5.44. The average molecular weight is 457 g/mol. The molecule has 0 atom stereocenters. The van der Waals surface area contributed by atoms with Gasteiger partial charge in [0.1, 0.15) is 5.75 Å². The van der Waals surface area contributed by atoms with Crippen molar-refractivity contribution in [3.63, 3.8) is 0 Å². The molecule has 2 amide bonds. The highest BCUT2D eigenvalue weighted by atomic mass is 19.4. The molecule has 33 heavy (non-hydrogen) atoms. The number of hydrogen-bond acceptors (Lipinski definition) is 4. The first-order chi connectivity index (χ1) is 15.7. The number of anilines is 2. The highest BCUT2D eigenvalue weighted by Crippen LogP contribution is 2.27. The normalized spacial score (nSPS) is 11.2. The summed E-state index contributed by atoms with van der Waals surface area (Å²) in [5.74, 6) is -1.09. The lowest BCUT2D eigenvalue weighted by molar-refractivity contribution is -0.274. The molecular weight excluding hydrogens is 435 g/mol. The Hall–Kier alpha value is -3.85. The SMILES string of the molecule is CN(CC(=O)Nc1ccc(OC(F)(F)F)cc1)CC(=O)Nc1ccccc1-c1ccccc1. The van der Waals surface area contributed by atoms with E-state index in [9.17, 15) is 22.8 Å². The van der Waals surface area contributed by atoms with Gasteiger partial charge in [-0.1, -0.05) is 48.5 Å². The molecule has 172 valence electrons. The number of hydrogen-bond donors (Lipinski definition) is 2. The van der Waals surface area contributed by atoms with E-state index < -0.39 is 12.3 Å². The quantitative estimate of drug-likeness (QED) is 0.512. The first kappa shape index (κ1) is 23.8. The number of carbonyl (C=O) groups excluding carboxylic acids is 2. The summed E-state index contributed by atoms with van der Waals surface area (Å²) in [6.07, 6.45) is -4.78. The lowest BCUT2D eigenvalue weighted by atomic mass is 10.0. The van der Waals surface area contributed by atoms with Crippen molar-refractivity contribution in [1.29, 1.82) is 0 Å². The van der Waals surface area contributed by atoms with Crippen LogP contribution in [0.2, 0.25) is 0 Å². The summed E-state index contributed by atoms with van der Waals surface area (Å²) in [6.45, 7) is -0.122. The zero-order valence-corrected chi connectivity index (χ0v) is 17.7. The molecule has 0 aliphatic carbocycles. The van der Waals surface area contributed by atoms with Crippen molar-refractivity contribution < 1.29 is 27.5 Å². The summed E-state index contributed by atoms with van der Waals surface area (Å²) < 4.78 is 40.4. The molecule has 0 unspecified atom stereocenters. The second kappa shape index (κ2) is 10.6. The third-order valence-corrected chi connectivity index (χ3v) is 4.48. The van der Waals surface area contributed by atoms with E-state index in [1.54, 1.807) is 13.1 Å². The Morgan fingerprint density at radius 3 is 2.03 bits per heavy atom. The average Bonchev–Trinajstić information content (AvgIpc) is 2.75. The fourth-order valence-corrected chi connectivity index (χ4v) is 3.14. The Kier molecular flexibility index (Phi) is 7.68. The van der Waals surface area contributed by atoms with Crippen LogP contribution in [0.3, 0.4) is 0 Å². The number of alkyl halides is 3. The molecule has 0 bridgehead atoms. The molecule has 0 heterocycles. The molecule has 0 aliphatic heterocycles. The minimum atomic E-state index is -4.78. The standard InChI is InChI=1S/C24H22F3N3O3/c1-30(15-22(31)28-18-11-13-19(14-12-18)33-24(25,26)27)16-23(32)29-21-10-6-5-9-20(21)17-7-3-2-4-8-17/h2-14H,15-16H2,1H3,(H,28,31)(H,29,32). The minimum Gasteiger partial charge on any atom is -0.406 e. The second-order valence-electron chi connectivity index (χ2n) is 7.25. The smallest absolute Gasteiger partial charge is 0.406 e. The van der Waals surface area contributed by atoms with Crippen molar-refractivity contribution in [2.24, 2.45) is 0 Å². The van der Waals surface area contributed by atoms with Crippen molar-refractivity contribution in [3.05, 3.63) is 78.9 Å². The van der Waals surface area contributed by atoms with Gasteiger partial charge in [-0.05, 0) is 42.9 Å². The van der Waals surface area contributed by atoms with Gasteiger partial charge in [0.25, 0.3) is 0 Å². The van der Waals surface area contributed by atoms with Gasteiger partial charge in [0, 0.05) is 16.9 Å². The molecule has 0 saturated carbocycles. The summed E-state index contributed by atoms with van der Waals surface area (Å²) >= 11 is 0. The van der Waals surface area contributed by atoms with Crippen LogP contribution in [0.25, 0.3) is 11.1 Å². The maximum Gasteiger partial charge on any atom is 0.573 e. The fraction of sp³-hybridized carbons (Fsp3) is 0.167. The number of ether oxygens (including phenoxy) is 1. The molecule has 3 rings (SSSR count). The Morgan fingerprint density at radius 2 is 1.39 bits per heavy atom. The maximum atomic E-state index is 12.5. The lowest BCUT2D eigenvalue weighted by Gasteiger charge is -2.17. The first-order valence-electron chi connectivity index (χ1n) is 9.98. The van der Waals surface area contributed by atoms with E-state index in [0.717, 1.165) is 23.3 Å². The molecule has 0 aromatic heterocycles. The number of likely N-dealkylation sites (N-methyl/N-ethyl adjacent to an activating group) is 1. The van der Waals surface area contributed by atoms with E-state index in [-0.39, 0.29) is 24.7 Å². The molecular formula is C24H22F3N3O3. The van der Waals surface area contributed by atoms with E-state index in [0.29, 0.717) is 11.4 Å². The number of amides is 2. The van der Waals surface area contributed by atoms with Gasteiger partial charge in [0.2, 0.25) is 11.8 Å². The third-order valence-electron chi connectivity index (χ3n) is 4.48. The number of benzene rings is 3. The first-order valence-corrected chi connectivity index (χ1v) is 9.98. The minimum absolute atomic E-state index is 0.0328. The van der Waals surface area contributed by atoms with Crippen molar-refractivity contribution >= 4 is 23.2 Å². The molecule has 2 N–H and O–H groups in total. The Labute approximate surface area is 189 Å². The Bertz CT molecular complexity index is 1090. The maximum absolute atomic E-state index is 12.5. The highest BCUT2D eigenvalue weighted by molar-refractivity contribution is 5.97. The van der Waals surface area contributed by atoms with Gasteiger partial charge in [0.15, 0.2) is 0 Å². The molecule has 3 aromatic carbocycles. The van der Waals surface area contributed by atoms with Crippen molar-refractivity contribution in [3.8, 4) is 16.9 Å². The molecule has 0 fully saturated rings. The predicted molar refractivity (Wildman–Crippen MR) is 120 cm³/mol.